The van der Waals surface area contributed by atoms with Crippen LogP contribution in [0.25, 0.3) is 11.1 Å². The van der Waals surface area contributed by atoms with Crippen LogP contribution in [0.1, 0.15) is 21.6 Å². The number of hydrogen-bond donors (Lipinski definition) is 1. The van der Waals surface area contributed by atoms with Crippen LogP contribution in [0.3, 0.4) is 0 Å². The van der Waals surface area contributed by atoms with E-state index in [0.717, 1.165) is 32.4 Å². The molecule has 1 aliphatic rings. The zero-order chi connectivity index (χ0) is 16.8. The van der Waals surface area contributed by atoms with Gasteiger partial charge in [-0.3, -0.25) is 4.79 Å². The van der Waals surface area contributed by atoms with Crippen molar-refractivity contribution in [1.29, 1.82) is 0 Å². The van der Waals surface area contributed by atoms with E-state index in [9.17, 15) is 9.18 Å². The number of rotatable bonds is 1. The Morgan fingerprint density at radius 1 is 1.12 bits per heavy atom. The molecule has 2 heterocycles. The van der Waals surface area contributed by atoms with E-state index < -0.39 is 0 Å². The predicted octanol–water partition coefficient (Wildman–Crippen LogP) is 4.98. The third kappa shape index (κ3) is 2.55. The molecule has 120 valence electrons. The summed E-state index contributed by atoms with van der Waals surface area (Å²) in [5.41, 5.74) is 5.33. The van der Waals surface area contributed by atoms with Crippen molar-refractivity contribution < 1.29 is 9.18 Å². The highest BCUT2D eigenvalue weighted by molar-refractivity contribution is 9.10. The lowest BCUT2D eigenvalue weighted by Crippen LogP contribution is -2.13. The summed E-state index contributed by atoms with van der Waals surface area (Å²) in [6.07, 6.45) is 1.94. The molecule has 1 amide bonds. The maximum Gasteiger partial charge on any atom is 0.272 e. The second-order valence-electron chi connectivity index (χ2n) is 5.96. The number of aromatic nitrogens is 1. The first-order chi connectivity index (χ1) is 11.5. The van der Waals surface area contributed by atoms with Gasteiger partial charge in [0.15, 0.2) is 0 Å². The van der Waals surface area contributed by atoms with Crippen molar-refractivity contribution in [2.24, 2.45) is 0 Å². The van der Waals surface area contributed by atoms with E-state index in [4.69, 9.17) is 0 Å². The zero-order valence-corrected chi connectivity index (χ0v) is 14.5. The number of hydrogen-bond acceptors (Lipinski definition) is 1. The zero-order valence-electron chi connectivity index (χ0n) is 12.9. The van der Waals surface area contributed by atoms with Gasteiger partial charge >= 0.3 is 0 Å². The molecule has 2 aromatic carbocycles. The molecule has 4 rings (SSSR count). The predicted molar refractivity (Wildman–Crippen MR) is 95.8 cm³/mol. The Bertz CT molecular complexity index is 960. The fourth-order valence-electron chi connectivity index (χ4n) is 3.11. The summed E-state index contributed by atoms with van der Waals surface area (Å²) in [6, 6.07) is 12.1. The number of amides is 1. The van der Waals surface area contributed by atoms with Crippen molar-refractivity contribution in [3.8, 4) is 11.1 Å². The standard InChI is InChI=1S/C19H14BrFN2O/c1-11-6-15(20)7-14-10-23-9-13(12-2-4-16(21)5-3-12)8-17(23)19(24)22-18(11)14/h2-9H,10H2,1H3,(H,22,24). The van der Waals surface area contributed by atoms with Crippen molar-refractivity contribution in [2.45, 2.75) is 13.5 Å². The highest BCUT2D eigenvalue weighted by atomic mass is 79.9. The Kier molecular flexibility index (Phi) is 3.53. The summed E-state index contributed by atoms with van der Waals surface area (Å²) in [6.45, 7) is 2.58. The molecule has 0 bridgehead atoms. The van der Waals surface area contributed by atoms with Crippen molar-refractivity contribution in [3.63, 3.8) is 0 Å². The molecule has 1 aromatic heterocycles. The number of fused-ring (bicyclic) bond motifs is 2. The molecular formula is C19H14BrFN2O. The van der Waals surface area contributed by atoms with E-state index in [0.29, 0.717) is 12.2 Å². The van der Waals surface area contributed by atoms with E-state index in [-0.39, 0.29) is 11.7 Å². The molecular weight excluding hydrogens is 371 g/mol. The van der Waals surface area contributed by atoms with Gasteiger partial charge in [-0.05, 0) is 53.9 Å². The topological polar surface area (TPSA) is 34.0 Å². The Morgan fingerprint density at radius 2 is 1.88 bits per heavy atom. The second kappa shape index (κ2) is 5.60. The average Bonchev–Trinajstić information content (AvgIpc) is 2.90. The van der Waals surface area contributed by atoms with E-state index in [1.54, 1.807) is 12.1 Å². The number of halogens is 2. The van der Waals surface area contributed by atoms with E-state index >= 15 is 0 Å². The van der Waals surface area contributed by atoms with Crippen molar-refractivity contribution >= 4 is 27.5 Å². The molecule has 0 saturated heterocycles. The van der Waals surface area contributed by atoms with Crippen LogP contribution >= 0.6 is 15.9 Å². The van der Waals surface area contributed by atoms with Gasteiger partial charge in [-0.25, -0.2) is 4.39 Å². The van der Waals surface area contributed by atoms with Gasteiger partial charge < -0.3 is 9.88 Å². The maximum atomic E-state index is 13.1. The van der Waals surface area contributed by atoms with Crippen LogP contribution in [0.5, 0.6) is 0 Å². The van der Waals surface area contributed by atoms with Crippen LogP contribution in [-0.2, 0) is 6.54 Å². The fraction of sp³-hybridized carbons (Fsp3) is 0.105. The lowest BCUT2D eigenvalue weighted by Gasteiger charge is -2.11. The first kappa shape index (κ1) is 15.1. The number of carbonyl (C=O) groups excluding carboxylic acids is 1. The molecule has 0 fully saturated rings. The quantitative estimate of drug-likeness (QED) is 0.630. The van der Waals surface area contributed by atoms with Crippen LogP contribution < -0.4 is 5.32 Å². The van der Waals surface area contributed by atoms with Crippen molar-refractivity contribution in [1.82, 2.24) is 4.57 Å². The third-order valence-electron chi connectivity index (χ3n) is 4.27. The Hall–Kier alpha value is -2.40. The molecule has 0 atom stereocenters. The van der Waals surface area contributed by atoms with Gasteiger partial charge in [0.2, 0.25) is 0 Å². The number of nitrogens with zero attached hydrogens (tertiary/aromatic N) is 1. The number of benzene rings is 2. The van der Waals surface area contributed by atoms with Crippen LogP contribution in [0, 0.1) is 12.7 Å². The lowest BCUT2D eigenvalue weighted by atomic mass is 10.1. The lowest BCUT2D eigenvalue weighted by molar-refractivity contribution is 0.102. The van der Waals surface area contributed by atoms with Gasteiger partial charge in [0.05, 0.1) is 0 Å². The number of nitrogens with one attached hydrogen (secondary N) is 1. The van der Waals surface area contributed by atoms with E-state index in [1.165, 1.54) is 12.1 Å². The van der Waals surface area contributed by atoms with Crippen LogP contribution in [0.4, 0.5) is 10.1 Å². The Balaban J connectivity index is 1.81. The van der Waals surface area contributed by atoms with Crippen LogP contribution in [0.15, 0.2) is 53.1 Å². The van der Waals surface area contributed by atoms with Crippen molar-refractivity contribution in [3.05, 3.63) is 75.8 Å². The first-order valence-electron chi connectivity index (χ1n) is 7.58. The highest BCUT2D eigenvalue weighted by Crippen LogP contribution is 2.32. The SMILES string of the molecule is Cc1cc(Br)cc2c1NC(=O)c1cc(-c3ccc(F)cc3)cn1C2. The Morgan fingerprint density at radius 3 is 2.62 bits per heavy atom. The molecule has 1 N–H and O–H groups in total. The van der Waals surface area contributed by atoms with Gasteiger partial charge in [-0.1, -0.05) is 28.1 Å². The van der Waals surface area contributed by atoms with E-state index in [2.05, 4.69) is 21.2 Å². The van der Waals surface area contributed by atoms with Gasteiger partial charge in [0.25, 0.3) is 5.91 Å². The summed E-state index contributed by atoms with van der Waals surface area (Å²) in [7, 11) is 0. The van der Waals surface area contributed by atoms with E-state index in [1.807, 2.05) is 35.9 Å². The largest absolute Gasteiger partial charge is 0.338 e. The van der Waals surface area contributed by atoms with Gasteiger partial charge in [-0.2, -0.15) is 0 Å². The average molecular weight is 385 g/mol. The summed E-state index contributed by atoms with van der Waals surface area (Å²) in [4.78, 5) is 12.6. The molecule has 0 radical (unpaired) electrons. The second-order valence-corrected chi connectivity index (χ2v) is 6.88. The van der Waals surface area contributed by atoms with Gasteiger partial charge in [0, 0.05) is 28.5 Å². The summed E-state index contributed by atoms with van der Waals surface area (Å²) in [5, 5.41) is 3.01. The minimum atomic E-state index is -0.272. The molecule has 24 heavy (non-hydrogen) atoms. The normalized spacial score (nSPS) is 13.0. The monoisotopic (exact) mass is 384 g/mol. The summed E-state index contributed by atoms with van der Waals surface area (Å²) in [5.74, 6) is -0.404. The van der Waals surface area contributed by atoms with Gasteiger partial charge in [-0.15, -0.1) is 0 Å². The molecule has 5 heteroatoms. The molecule has 3 aromatic rings. The first-order valence-corrected chi connectivity index (χ1v) is 8.37. The number of anilines is 1. The Labute approximate surface area is 147 Å². The van der Waals surface area contributed by atoms with Gasteiger partial charge in [0.1, 0.15) is 11.5 Å². The van der Waals surface area contributed by atoms with Crippen LogP contribution in [0.2, 0.25) is 0 Å². The number of carbonyl (C=O) groups is 1. The molecule has 1 aliphatic heterocycles. The van der Waals surface area contributed by atoms with Crippen LogP contribution in [-0.4, -0.2) is 10.5 Å². The highest BCUT2D eigenvalue weighted by Gasteiger charge is 2.22. The number of aryl methyl sites for hydroxylation is 1. The molecule has 3 nitrogen and oxygen atoms in total. The minimum absolute atomic E-state index is 0.132. The summed E-state index contributed by atoms with van der Waals surface area (Å²) >= 11 is 3.51. The van der Waals surface area contributed by atoms with Crippen molar-refractivity contribution in [2.75, 3.05) is 5.32 Å². The maximum absolute atomic E-state index is 13.1. The smallest absolute Gasteiger partial charge is 0.272 e. The minimum Gasteiger partial charge on any atom is -0.338 e. The molecule has 0 aliphatic carbocycles. The molecule has 0 spiro atoms. The summed E-state index contributed by atoms with van der Waals surface area (Å²) < 4.78 is 16.0. The third-order valence-corrected chi connectivity index (χ3v) is 4.73. The molecule has 0 unspecified atom stereocenters. The molecule has 0 saturated carbocycles. The fourth-order valence-corrected chi connectivity index (χ4v) is 3.73.